The summed E-state index contributed by atoms with van der Waals surface area (Å²) in [7, 11) is 1.19. The monoisotopic (exact) mass is 639 g/mol. The molecule has 5 aromatic rings. The minimum absolute atomic E-state index is 0.143. The van der Waals surface area contributed by atoms with Crippen LogP contribution in [0.25, 0.3) is 39.1 Å². The molecule has 6 N–H and O–H groups in total. The molecule has 1 amide bonds. The molecule has 0 bridgehead atoms. The lowest BCUT2D eigenvalue weighted by atomic mass is 9.95. The van der Waals surface area contributed by atoms with Crippen molar-refractivity contribution in [1.29, 1.82) is 0 Å². The van der Waals surface area contributed by atoms with Gasteiger partial charge in [-0.2, -0.15) is 5.10 Å². The molecule has 46 heavy (non-hydrogen) atoms. The number of carbonyl (C=O) groups excluding carboxylic acids is 1. The van der Waals surface area contributed by atoms with Crippen LogP contribution in [-0.2, 0) is 27.5 Å². The molecule has 0 radical (unpaired) electrons. The molecule has 4 heterocycles. The standard InChI is InChI=1S/C33H34FN9O2S/c1-43(2)18-32(44)39-24-10-21(15-36-16-24)28-13-27-31(17-37-28)41-42-33(27)30-12-26-25(6-5-23(35)11-29(26)40-30)20-7-19(8-22(34)9-20)14-38-46(3,4)45/h5-10,12-13,15-17,40H,3,11,14,18,35H2,1-2,4H3,(H,38,45)(H,39,44)(H,41,42). The van der Waals surface area contributed by atoms with Crippen LogP contribution in [0.2, 0.25) is 0 Å². The normalized spacial score (nSPS) is 14.4. The Morgan fingerprint density at radius 3 is 2.72 bits per heavy atom. The number of H-pyrrole nitrogens is 2. The lowest BCUT2D eigenvalue weighted by Gasteiger charge is -2.11. The smallest absolute Gasteiger partial charge is 0.238 e. The van der Waals surface area contributed by atoms with Crippen molar-refractivity contribution in [3.05, 3.63) is 101 Å². The summed E-state index contributed by atoms with van der Waals surface area (Å²) >= 11 is 0. The molecule has 1 aliphatic rings. The molecule has 1 atom stereocenters. The molecule has 0 fully saturated rings. The number of rotatable bonds is 9. The molecule has 11 nitrogen and oxygen atoms in total. The third kappa shape index (κ3) is 6.91. The highest BCUT2D eigenvalue weighted by Gasteiger charge is 2.21. The number of aromatic amines is 2. The molecule has 4 aromatic heterocycles. The lowest BCUT2D eigenvalue weighted by molar-refractivity contribution is -0.116. The maximum Gasteiger partial charge on any atom is 0.238 e. The number of nitrogens with zero attached hydrogens (tertiary/aromatic N) is 4. The zero-order valence-electron chi connectivity index (χ0n) is 25.6. The van der Waals surface area contributed by atoms with E-state index in [0.717, 1.165) is 39.0 Å². The number of carbonyl (C=O) groups is 1. The number of aromatic nitrogens is 5. The largest absolute Gasteiger partial charge is 0.402 e. The molecular formula is C33H34FN9O2S. The number of pyridine rings is 2. The van der Waals surface area contributed by atoms with E-state index >= 15 is 0 Å². The maximum atomic E-state index is 14.8. The first-order valence-corrected chi connectivity index (χ1v) is 16.5. The van der Waals surface area contributed by atoms with Gasteiger partial charge in [-0.1, -0.05) is 6.08 Å². The second kappa shape index (κ2) is 12.4. The fraction of sp³-hybridized carbons (Fsp3) is 0.182. The van der Waals surface area contributed by atoms with E-state index < -0.39 is 15.5 Å². The van der Waals surface area contributed by atoms with E-state index in [9.17, 15) is 13.4 Å². The predicted molar refractivity (Wildman–Crippen MR) is 182 cm³/mol. The molecule has 0 spiro atoms. The van der Waals surface area contributed by atoms with Crippen LogP contribution in [0.5, 0.6) is 0 Å². The summed E-state index contributed by atoms with van der Waals surface area (Å²) < 4.78 is 29.8. The maximum absolute atomic E-state index is 14.8. The summed E-state index contributed by atoms with van der Waals surface area (Å²) in [5.41, 5.74) is 14.9. The fourth-order valence-electron chi connectivity index (χ4n) is 5.36. The molecule has 0 saturated heterocycles. The van der Waals surface area contributed by atoms with E-state index in [1.807, 2.05) is 50.5 Å². The Kier molecular flexibility index (Phi) is 8.30. The average Bonchev–Trinajstić information content (AvgIpc) is 3.55. The van der Waals surface area contributed by atoms with Gasteiger partial charge in [0.2, 0.25) is 5.91 Å². The number of likely N-dealkylation sites (N-methyl/N-ethyl adjacent to an activating group) is 1. The number of fused-ring (bicyclic) bond motifs is 2. The molecule has 236 valence electrons. The van der Waals surface area contributed by atoms with Crippen LogP contribution in [0.3, 0.4) is 0 Å². The Morgan fingerprint density at radius 2 is 1.93 bits per heavy atom. The Balaban J connectivity index is 1.36. The van der Waals surface area contributed by atoms with Crippen molar-refractivity contribution in [3.8, 4) is 22.6 Å². The quantitative estimate of drug-likeness (QED) is 0.153. The number of benzene rings is 1. The van der Waals surface area contributed by atoms with Crippen LogP contribution < -0.4 is 15.8 Å². The number of amides is 1. The van der Waals surface area contributed by atoms with E-state index in [0.29, 0.717) is 40.3 Å². The number of halogens is 1. The summed E-state index contributed by atoms with van der Waals surface area (Å²) in [5.74, 6) is 3.07. The molecule has 1 unspecified atom stereocenters. The van der Waals surface area contributed by atoms with Gasteiger partial charge < -0.3 is 20.9 Å². The zero-order chi connectivity index (χ0) is 32.6. The second-order valence-electron chi connectivity index (χ2n) is 11.7. The number of nitrogens with one attached hydrogen (secondary N) is 4. The van der Waals surface area contributed by atoms with Gasteiger partial charge in [0.15, 0.2) is 0 Å². The lowest BCUT2D eigenvalue weighted by Crippen LogP contribution is -2.27. The van der Waals surface area contributed by atoms with Gasteiger partial charge in [-0.05, 0) is 79.1 Å². The van der Waals surface area contributed by atoms with Crippen LogP contribution in [0, 0.1) is 5.82 Å². The van der Waals surface area contributed by atoms with E-state index in [1.165, 1.54) is 18.4 Å². The van der Waals surface area contributed by atoms with Gasteiger partial charge in [0.05, 0.1) is 41.5 Å². The fourth-order valence-corrected chi connectivity index (χ4v) is 5.83. The molecule has 1 aliphatic carbocycles. The minimum Gasteiger partial charge on any atom is -0.402 e. The summed E-state index contributed by atoms with van der Waals surface area (Å²) in [6.45, 7) is 0.456. The molecule has 13 heteroatoms. The topological polar surface area (TPSA) is 158 Å². The van der Waals surface area contributed by atoms with Crippen LogP contribution in [-0.4, -0.2) is 72.9 Å². The van der Waals surface area contributed by atoms with Crippen molar-refractivity contribution >= 4 is 43.6 Å². The van der Waals surface area contributed by atoms with Crippen LogP contribution in [0.4, 0.5) is 10.1 Å². The zero-order valence-corrected chi connectivity index (χ0v) is 26.5. The number of anilines is 1. The van der Waals surface area contributed by atoms with Gasteiger partial charge in [-0.3, -0.25) is 24.1 Å². The van der Waals surface area contributed by atoms with Crippen molar-refractivity contribution in [1.82, 2.24) is 34.8 Å². The summed E-state index contributed by atoms with van der Waals surface area (Å²) in [4.78, 5) is 26.5. The predicted octanol–water partition coefficient (Wildman–Crippen LogP) is 3.84. The van der Waals surface area contributed by atoms with Crippen LogP contribution >= 0.6 is 0 Å². The highest BCUT2D eigenvalue weighted by atomic mass is 32.2. The van der Waals surface area contributed by atoms with Gasteiger partial charge >= 0.3 is 0 Å². The first kappa shape index (κ1) is 30.9. The van der Waals surface area contributed by atoms with Crippen molar-refractivity contribution in [3.63, 3.8) is 0 Å². The summed E-state index contributed by atoms with van der Waals surface area (Å²) in [6, 6.07) is 10.5. The Morgan fingerprint density at radius 1 is 1.11 bits per heavy atom. The molecule has 1 aromatic carbocycles. The Hall–Kier alpha value is -5.11. The number of hydrogen-bond donors (Lipinski definition) is 5. The number of nitrogens with two attached hydrogens (primary N) is 1. The van der Waals surface area contributed by atoms with E-state index in [1.54, 1.807) is 23.5 Å². The van der Waals surface area contributed by atoms with E-state index in [-0.39, 0.29) is 19.0 Å². The third-order valence-corrected chi connectivity index (χ3v) is 8.12. The number of hydrogen-bond acceptors (Lipinski definition) is 7. The van der Waals surface area contributed by atoms with Gasteiger partial charge in [0, 0.05) is 63.0 Å². The Labute approximate surface area is 266 Å². The molecule has 6 rings (SSSR count). The summed E-state index contributed by atoms with van der Waals surface area (Å²) in [6.07, 6.45) is 10.7. The SMILES string of the molecule is C=S(C)(=O)NCc1cc(F)cc(C2=CC=C(N)Cc3[nH]c(-c4n[nH]c5cnc(-c6cncc(NC(=O)CN(C)C)c6)cc45)cc32)c1. The minimum atomic E-state index is -2.46. The number of allylic oxidation sites excluding steroid dienone is 3. The van der Waals surface area contributed by atoms with Crippen LogP contribution in [0.15, 0.2) is 72.8 Å². The first-order valence-electron chi connectivity index (χ1n) is 14.4. The summed E-state index contributed by atoms with van der Waals surface area (Å²) in [5, 5.41) is 11.4. The molecular weight excluding hydrogens is 605 g/mol. The van der Waals surface area contributed by atoms with Crippen molar-refractivity contribution < 1.29 is 13.4 Å². The molecule has 0 aliphatic heterocycles. The van der Waals surface area contributed by atoms with Gasteiger partial charge in [-0.15, -0.1) is 0 Å². The van der Waals surface area contributed by atoms with Crippen molar-refractivity contribution in [2.75, 3.05) is 32.2 Å². The highest BCUT2D eigenvalue weighted by Crippen LogP contribution is 2.36. The van der Waals surface area contributed by atoms with Crippen molar-refractivity contribution in [2.24, 2.45) is 5.73 Å². The third-order valence-electron chi connectivity index (χ3n) is 7.36. The first-order chi connectivity index (χ1) is 21.9. The average molecular weight is 640 g/mol. The van der Waals surface area contributed by atoms with Gasteiger partial charge in [0.1, 0.15) is 11.5 Å². The van der Waals surface area contributed by atoms with Crippen molar-refractivity contribution in [2.45, 2.75) is 13.0 Å². The van der Waals surface area contributed by atoms with Crippen LogP contribution in [0.1, 0.15) is 22.4 Å². The van der Waals surface area contributed by atoms with Gasteiger partial charge in [-0.25, -0.2) is 9.11 Å². The second-order valence-corrected chi connectivity index (χ2v) is 14.0. The van der Waals surface area contributed by atoms with E-state index in [4.69, 9.17) is 5.73 Å². The molecule has 0 saturated carbocycles. The van der Waals surface area contributed by atoms with E-state index in [2.05, 4.69) is 41.1 Å². The Bertz CT molecular complexity index is 2150. The van der Waals surface area contributed by atoms with Gasteiger partial charge in [0.25, 0.3) is 0 Å². The highest BCUT2D eigenvalue weighted by molar-refractivity contribution is 7.97.